The molecule has 1 aliphatic heterocycles. The molecule has 0 radical (unpaired) electrons. The average Bonchev–Trinajstić information content (AvgIpc) is 2.48. The number of nitrogens with zero attached hydrogens (tertiary/aromatic N) is 4. The molecule has 0 spiro atoms. The van der Waals surface area contributed by atoms with Gasteiger partial charge in [0, 0.05) is 26.7 Å². The first-order valence-electron chi connectivity index (χ1n) is 7.14. The first-order valence-corrected chi connectivity index (χ1v) is 7.14. The summed E-state index contributed by atoms with van der Waals surface area (Å²) < 4.78 is 5.20. The van der Waals surface area contributed by atoms with Crippen LogP contribution in [0.3, 0.4) is 0 Å². The lowest BCUT2D eigenvalue weighted by molar-refractivity contribution is -0.383. The molecule has 0 aromatic carbocycles. The zero-order chi connectivity index (χ0) is 15.2. The molecule has 21 heavy (non-hydrogen) atoms. The minimum atomic E-state index is -0.409. The number of rotatable bonds is 6. The molecule has 1 N–H and O–H groups in total. The van der Waals surface area contributed by atoms with Crippen LogP contribution in [0.5, 0.6) is 0 Å². The number of nitrogens with one attached hydrogen (secondary N) is 1. The molecule has 2 rings (SSSR count). The lowest BCUT2D eigenvalue weighted by Gasteiger charge is -2.32. The summed E-state index contributed by atoms with van der Waals surface area (Å²) in [4.78, 5) is 21.1. The third-order valence-corrected chi connectivity index (χ3v) is 3.55. The Balaban J connectivity index is 2.29. The number of methoxy groups -OCH3 is 1. The molecule has 1 atom stereocenters. The van der Waals surface area contributed by atoms with Crippen molar-refractivity contribution in [1.82, 2.24) is 9.97 Å². The van der Waals surface area contributed by atoms with Gasteiger partial charge in [0.2, 0.25) is 11.6 Å². The molecule has 1 unspecified atom stereocenters. The molecule has 0 amide bonds. The second-order valence-electron chi connectivity index (χ2n) is 5.09. The maximum atomic E-state index is 11.4. The number of piperidine rings is 1. The fourth-order valence-corrected chi connectivity index (χ4v) is 2.70. The summed E-state index contributed by atoms with van der Waals surface area (Å²) in [5.41, 5.74) is -0.0441. The maximum absolute atomic E-state index is 11.4. The summed E-state index contributed by atoms with van der Waals surface area (Å²) in [6.45, 7) is 4.60. The van der Waals surface area contributed by atoms with Gasteiger partial charge in [-0.1, -0.05) is 0 Å². The van der Waals surface area contributed by atoms with Crippen LogP contribution in [-0.2, 0) is 4.74 Å². The van der Waals surface area contributed by atoms with Crippen molar-refractivity contribution in [2.24, 2.45) is 5.92 Å². The Labute approximate surface area is 123 Å². The Bertz CT molecular complexity index is 495. The molecule has 1 saturated heterocycles. The summed E-state index contributed by atoms with van der Waals surface area (Å²) in [5, 5.41) is 14.3. The van der Waals surface area contributed by atoms with Gasteiger partial charge in [0.25, 0.3) is 0 Å². The summed E-state index contributed by atoms with van der Waals surface area (Å²) in [7, 11) is 1.68. The predicted molar refractivity (Wildman–Crippen MR) is 79.7 cm³/mol. The topological polar surface area (TPSA) is 93.4 Å². The van der Waals surface area contributed by atoms with Gasteiger partial charge in [0.1, 0.15) is 6.33 Å². The summed E-state index contributed by atoms with van der Waals surface area (Å²) in [6.07, 6.45) is 3.43. The van der Waals surface area contributed by atoms with Gasteiger partial charge in [-0.15, -0.1) is 0 Å². The maximum Gasteiger partial charge on any atom is 0.353 e. The van der Waals surface area contributed by atoms with E-state index in [-0.39, 0.29) is 11.5 Å². The van der Waals surface area contributed by atoms with E-state index in [0.29, 0.717) is 24.9 Å². The van der Waals surface area contributed by atoms with E-state index in [9.17, 15) is 10.1 Å². The number of anilines is 2. The van der Waals surface area contributed by atoms with E-state index in [0.717, 1.165) is 25.9 Å². The number of hydrogen-bond acceptors (Lipinski definition) is 7. The van der Waals surface area contributed by atoms with Gasteiger partial charge in [-0.05, 0) is 25.7 Å². The molecular weight excluding hydrogens is 274 g/mol. The van der Waals surface area contributed by atoms with Crippen LogP contribution in [0.4, 0.5) is 17.3 Å². The van der Waals surface area contributed by atoms with Gasteiger partial charge < -0.3 is 15.0 Å². The lowest BCUT2D eigenvalue weighted by atomic mass is 9.99. The number of hydrogen-bond donors (Lipinski definition) is 1. The van der Waals surface area contributed by atoms with Crippen molar-refractivity contribution in [2.45, 2.75) is 19.8 Å². The van der Waals surface area contributed by atoms with Gasteiger partial charge in [0.05, 0.1) is 11.5 Å². The van der Waals surface area contributed by atoms with E-state index in [1.807, 2.05) is 11.8 Å². The van der Waals surface area contributed by atoms with Crippen LogP contribution in [0.15, 0.2) is 6.33 Å². The van der Waals surface area contributed by atoms with E-state index >= 15 is 0 Å². The van der Waals surface area contributed by atoms with Crippen molar-refractivity contribution in [3.63, 3.8) is 0 Å². The minimum Gasteiger partial charge on any atom is -0.384 e. The van der Waals surface area contributed by atoms with Crippen LogP contribution >= 0.6 is 0 Å². The summed E-state index contributed by atoms with van der Waals surface area (Å²) >= 11 is 0. The molecular formula is C13H21N5O3. The highest BCUT2D eigenvalue weighted by Crippen LogP contribution is 2.33. The second kappa shape index (κ2) is 7.16. The highest BCUT2D eigenvalue weighted by molar-refractivity contribution is 5.70. The summed E-state index contributed by atoms with van der Waals surface area (Å²) in [6, 6.07) is 0. The zero-order valence-corrected chi connectivity index (χ0v) is 12.4. The van der Waals surface area contributed by atoms with Gasteiger partial charge in [-0.25, -0.2) is 9.97 Å². The van der Waals surface area contributed by atoms with Crippen molar-refractivity contribution in [2.75, 3.05) is 43.6 Å². The van der Waals surface area contributed by atoms with Crippen molar-refractivity contribution in [1.29, 1.82) is 0 Å². The van der Waals surface area contributed by atoms with E-state index in [1.165, 1.54) is 6.33 Å². The fraction of sp³-hybridized carbons (Fsp3) is 0.692. The van der Waals surface area contributed by atoms with Crippen molar-refractivity contribution < 1.29 is 9.66 Å². The predicted octanol–water partition coefficient (Wildman–Crippen LogP) is 1.68. The van der Waals surface area contributed by atoms with Gasteiger partial charge >= 0.3 is 5.69 Å². The molecule has 8 heteroatoms. The van der Waals surface area contributed by atoms with Crippen LogP contribution in [-0.4, -0.2) is 48.2 Å². The molecule has 116 valence electrons. The van der Waals surface area contributed by atoms with Crippen LogP contribution in [0.1, 0.15) is 19.8 Å². The molecule has 1 aromatic heterocycles. The molecule has 0 saturated carbocycles. The van der Waals surface area contributed by atoms with E-state index < -0.39 is 4.92 Å². The smallest absolute Gasteiger partial charge is 0.353 e. The first-order chi connectivity index (χ1) is 10.2. The fourth-order valence-electron chi connectivity index (χ4n) is 2.70. The molecule has 1 aromatic rings. The van der Waals surface area contributed by atoms with Crippen molar-refractivity contribution in [3.8, 4) is 0 Å². The molecule has 0 bridgehead atoms. The third kappa shape index (κ3) is 3.57. The monoisotopic (exact) mass is 295 g/mol. The largest absolute Gasteiger partial charge is 0.384 e. The van der Waals surface area contributed by atoms with Gasteiger partial charge in [-0.2, -0.15) is 0 Å². The van der Waals surface area contributed by atoms with E-state index in [2.05, 4.69) is 15.3 Å². The minimum absolute atomic E-state index is 0.0441. The number of ether oxygens (including phenoxy) is 1. The SMILES string of the molecule is CCNc1ncnc(N2CCCC(COC)C2)c1[N+](=O)[O-]. The Hall–Kier alpha value is -1.96. The van der Waals surface area contributed by atoms with Crippen LogP contribution in [0, 0.1) is 16.0 Å². The Morgan fingerprint density at radius 2 is 2.38 bits per heavy atom. The van der Waals surface area contributed by atoms with Crippen LogP contribution in [0.25, 0.3) is 0 Å². The summed E-state index contributed by atoms with van der Waals surface area (Å²) in [5.74, 6) is 1.05. The molecule has 0 aliphatic carbocycles. The highest BCUT2D eigenvalue weighted by Gasteiger charge is 2.30. The van der Waals surface area contributed by atoms with Gasteiger partial charge in [0.15, 0.2) is 0 Å². The average molecular weight is 295 g/mol. The van der Waals surface area contributed by atoms with Crippen molar-refractivity contribution in [3.05, 3.63) is 16.4 Å². The molecule has 1 fully saturated rings. The quantitative estimate of drug-likeness (QED) is 0.630. The van der Waals surface area contributed by atoms with Crippen molar-refractivity contribution >= 4 is 17.3 Å². The second-order valence-corrected chi connectivity index (χ2v) is 5.09. The third-order valence-electron chi connectivity index (χ3n) is 3.55. The van der Waals surface area contributed by atoms with E-state index in [1.54, 1.807) is 7.11 Å². The van der Waals surface area contributed by atoms with Crippen LogP contribution < -0.4 is 10.2 Å². The first kappa shape index (κ1) is 15.4. The standard InChI is InChI=1S/C13H21N5O3/c1-3-14-12-11(18(19)20)13(16-9-15-12)17-6-4-5-10(7-17)8-21-2/h9-10H,3-8H2,1-2H3,(H,14,15,16). The number of aromatic nitrogens is 2. The van der Waals surface area contributed by atoms with Gasteiger partial charge in [-0.3, -0.25) is 10.1 Å². The normalized spacial score (nSPS) is 18.6. The number of nitro groups is 1. The van der Waals surface area contributed by atoms with Crippen LogP contribution in [0.2, 0.25) is 0 Å². The van der Waals surface area contributed by atoms with E-state index in [4.69, 9.17) is 4.74 Å². The molecule has 1 aliphatic rings. The lowest BCUT2D eigenvalue weighted by Crippen LogP contribution is -2.38. The molecule has 2 heterocycles. The Morgan fingerprint density at radius 3 is 3.05 bits per heavy atom. The zero-order valence-electron chi connectivity index (χ0n) is 12.4. The Morgan fingerprint density at radius 1 is 1.57 bits per heavy atom. The Kier molecular flexibility index (Phi) is 5.26. The molecule has 8 nitrogen and oxygen atoms in total. The highest BCUT2D eigenvalue weighted by atomic mass is 16.6.